The molecule has 100 valence electrons. The molecular formula is C13H13FN2O2S. The zero-order valence-corrected chi connectivity index (χ0v) is 11.0. The number of carbonyl (C=O) groups excluding carboxylic acids is 1. The number of hydrogen-bond acceptors (Lipinski definition) is 4. The SMILES string of the molecule is Nc1c(C(=O)N2CCOCC2)sc2cccc(F)c12. The van der Waals surface area contributed by atoms with Crippen LogP contribution in [0.1, 0.15) is 9.67 Å². The number of thiophene rings is 1. The van der Waals surface area contributed by atoms with Crippen molar-refractivity contribution in [3.8, 4) is 0 Å². The van der Waals surface area contributed by atoms with Crippen molar-refractivity contribution < 1.29 is 13.9 Å². The Morgan fingerprint density at radius 3 is 2.79 bits per heavy atom. The van der Waals surface area contributed by atoms with Gasteiger partial charge in [-0.3, -0.25) is 4.79 Å². The first-order valence-corrected chi connectivity index (χ1v) is 6.83. The number of ether oxygens (including phenoxy) is 1. The minimum atomic E-state index is -0.382. The summed E-state index contributed by atoms with van der Waals surface area (Å²) in [5.41, 5.74) is 6.18. The van der Waals surface area contributed by atoms with Gasteiger partial charge in [0, 0.05) is 17.8 Å². The molecule has 1 fully saturated rings. The second-order valence-electron chi connectivity index (χ2n) is 4.36. The van der Waals surface area contributed by atoms with E-state index in [1.807, 2.05) is 0 Å². The molecule has 0 aliphatic carbocycles. The van der Waals surface area contributed by atoms with Crippen LogP contribution in [0.25, 0.3) is 10.1 Å². The first-order chi connectivity index (χ1) is 9.18. The van der Waals surface area contributed by atoms with E-state index in [4.69, 9.17) is 10.5 Å². The number of carbonyl (C=O) groups is 1. The van der Waals surface area contributed by atoms with Crippen molar-refractivity contribution in [3.63, 3.8) is 0 Å². The molecule has 0 spiro atoms. The molecule has 1 aromatic heterocycles. The summed E-state index contributed by atoms with van der Waals surface area (Å²) in [5, 5.41) is 0.351. The third-order valence-electron chi connectivity index (χ3n) is 3.19. The summed E-state index contributed by atoms with van der Waals surface area (Å²) >= 11 is 1.24. The molecule has 1 aliphatic heterocycles. The Hall–Kier alpha value is -1.66. The summed E-state index contributed by atoms with van der Waals surface area (Å²) in [7, 11) is 0. The van der Waals surface area contributed by atoms with E-state index in [0.29, 0.717) is 41.3 Å². The van der Waals surface area contributed by atoms with Gasteiger partial charge in [-0.2, -0.15) is 0 Å². The number of nitrogens with zero attached hydrogens (tertiary/aromatic N) is 1. The number of halogens is 1. The highest BCUT2D eigenvalue weighted by Gasteiger charge is 2.24. The Balaban J connectivity index is 2.03. The Morgan fingerprint density at radius 2 is 2.11 bits per heavy atom. The molecule has 1 amide bonds. The number of nitrogen functional groups attached to an aromatic ring is 1. The lowest BCUT2D eigenvalue weighted by atomic mass is 10.2. The van der Waals surface area contributed by atoms with Gasteiger partial charge in [-0.15, -0.1) is 11.3 Å². The highest BCUT2D eigenvalue weighted by molar-refractivity contribution is 7.21. The van der Waals surface area contributed by atoms with Crippen LogP contribution in [0.5, 0.6) is 0 Å². The monoisotopic (exact) mass is 280 g/mol. The number of fused-ring (bicyclic) bond motifs is 1. The van der Waals surface area contributed by atoms with Crippen molar-refractivity contribution in [1.82, 2.24) is 4.90 Å². The van der Waals surface area contributed by atoms with Crippen LogP contribution < -0.4 is 5.73 Å². The Morgan fingerprint density at radius 1 is 1.37 bits per heavy atom. The lowest BCUT2D eigenvalue weighted by Crippen LogP contribution is -2.40. The zero-order chi connectivity index (χ0) is 13.4. The highest BCUT2D eigenvalue weighted by Crippen LogP contribution is 2.36. The number of anilines is 1. The summed E-state index contributed by atoms with van der Waals surface area (Å²) in [6.45, 7) is 2.17. The molecular weight excluding hydrogens is 267 g/mol. The van der Waals surface area contributed by atoms with E-state index in [2.05, 4.69) is 0 Å². The molecule has 0 radical (unpaired) electrons. The molecule has 1 saturated heterocycles. The number of benzene rings is 1. The topological polar surface area (TPSA) is 55.6 Å². The van der Waals surface area contributed by atoms with E-state index in [1.54, 1.807) is 17.0 Å². The standard InChI is InChI=1S/C13H13FN2O2S/c14-8-2-1-3-9-10(8)11(15)12(19-9)13(17)16-4-6-18-7-5-16/h1-3H,4-7,15H2. The number of nitrogens with two attached hydrogens (primary N) is 1. The molecule has 1 aliphatic rings. The van der Waals surface area contributed by atoms with E-state index in [-0.39, 0.29) is 17.4 Å². The third-order valence-corrected chi connectivity index (χ3v) is 4.35. The molecule has 0 saturated carbocycles. The summed E-state index contributed by atoms with van der Waals surface area (Å²) in [4.78, 5) is 14.5. The molecule has 2 aromatic rings. The summed E-state index contributed by atoms with van der Waals surface area (Å²) in [5.74, 6) is -0.520. The van der Waals surface area contributed by atoms with Crippen LogP contribution in [-0.4, -0.2) is 37.1 Å². The summed E-state index contributed by atoms with van der Waals surface area (Å²) < 4.78 is 19.7. The minimum Gasteiger partial charge on any atom is -0.397 e. The van der Waals surface area contributed by atoms with E-state index in [1.165, 1.54) is 17.4 Å². The largest absolute Gasteiger partial charge is 0.397 e. The maximum absolute atomic E-state index is 13.7. The van der Waals surface area contributed by atoms with E-state index in [9.17, 15) is 9.18 Å². The van der Waals surface area contributed by atoms with Gasteiger partial charge in [-0.05, 0) is 12.1 Å². The van der Waals surface area contributed by atoms with Gasteiger partial charge in [-0.25, -0.2) is 4.39 Å². The third kappa shape index (κ3) is 2.06. The normalized spacial score (nSPS) is 15.9. The number of morpholine rings is 1. The van der Waals surface area contributed by atoms with E-state index < -0.39 is 0 Å². The molecule has 0 atom stereocenters. The quantitative estimate of drug-likeness (QED) is 0.870. The fraction of sp³-hybridized carbons (Fsp3) is 0.308. The van der Waals surface area contributed by atoms with Crippen molar-refractivity contribution in [2.24, 2.45) is 0 Å². The van der Waals surface area contributed by atoms with Gasteiger partial charge in [-0.1, -0.05) is 6.07 Å². The molecule has 6 heteroatoms. The van der Waals surface area contributed by atoms with Gasteiger partial charge in [0.05, 0.1) is 24.3 Å². The van der Waals surface area contributed by atoms with Gasteiger partial charge in [0.15, 0.2) is 0 Å². The highest BCUT2D eigenvalue weighted by atomic mass is 32.1. The van der Waals surface area contributed by atoms with Crippen LogP contribution in [0.2, 0.25) is 0 Å². The maximum atomic E-state index is 13.7. The molecule has 0 bridgehead atoms. The lowest BCUT2D eigenvalue weighted by molar-refractivity contribution is 0.0307. The fourth-order valence-electron chi connectivity index (χ4n) is 2.20. The minimum absolute atomic E-state index is 0.138. The fourth-order valence-corrected chi connectivity index (χ4v) is 3.30. The van der Waals surface area contributed by atoms with Crippen LogP contribution in [0.3, 0.4) is 0 Å². The van der Waals surface area contributed by atoms with Gasteiger partial charge >= 0.3 is 0 Å². The Kier molecular flexibility index (Phi) is 3.12. The van der Waals surface area contributed by atoms with Gasteiger partial charge in [0.25, 0.3) is 5.91 Å². The number of rotatable bonds is 1. The molecule has 2 heterocycles. The van der Waals surface area contributed by atoms with Crippen molar-refractivity contribution in [2.75, 3.05) is 32.0 Å². The van der Waals surface area contributed by atoms with Crippen LogP contribution in [0.15, 0.2) is 18.2 Å². The van der Waals surface area contributed by atoms with E-state index >= 15 is 0 Å². The average molecular weight is 280 g/mol. The van der Waals surface area contributed by atoms with Crippen LogP contribution >= 0.6 is 11.3 Å². The first kappa shape index (κ1) is 12.4. The maximum Gasteiger partial charge on any atom is 0.266 e. The van der Waals surface area contributed by atoms with Crippen LogP contribution in [-0.2, 0) is 4.74 Å². The average Bonchev–Trinajstić information content (AvgIpc) is 2.78. The smallest absolute Gasteiger partial charge is 0.266 e. The van der Waals surface area contributed by atoms with Crippen LogP contribution in [0, 0.1) is 5.82 Å². The first-order valence-electron chi connectivity index (χ1n) is 6.02. The Labute approximate surface area is 113 Å². The van der Waals surface area contributed by atoms with Gasteiger partial charge < -0.3 is 15.4 Å². The molecule has 0 unspecified atom stereocenters. The summed E-state index contributed by atoms with van der Waals surface area (Å²) in [6, 6.07) is 4.75. The zero-order valence-electron chi connectivity index (χ0n) is 10.2. The second kappa shape index (κ2) is 4.79. The molecule has 4 nitrogen and oxygen atoms in total. The van der Waals surface area contributed by atoms with E-state index in [0.717, 1.165) is 0 Å². The van der Waals surface area contributed by atoms with Gasteiger partial charge in [0.1, 0.15) is 10.7 Å². The lowest BCUT2D eigenvalue weighted by Gasteiger charge is -2.26. The second-order valence-corrected chi connectivity index (χ2v) is 5.41. The van der Waals surface area contributed by atoms with Crippen molar-refractivity contribution in [1.29, 1.82) is 0 Å². The van der Waals surface area contributed by atoms with Crippen molar-refractivity contribution in [2.45, 2.75) is 0 Å². The molecule has 1 aromatic carbocycles. The summed E-state index contributed by atoms with van der Waals surface area (Å²) in [6.07, 6.45) is 0. The number of hydrogen-bond donors (Lipinski definition) is 1. The van der Waals surface area contributed by atoms with Crippen molar-refractivity contribution in [3.05, 3.63) is 28.9 Å². The van der Waals surface area contributed by atoms with Crippen molar-refractivity contribution >= 4 is 33.0 Å². The number of amides is 1. The predicted molar refractivity (Wildman–Crippen MR) is 72.9 cm³/mol. The molecule has 3 rings (SSSR count). The molecule has 2 N–H and O–H groups in total. The van der Waals surface area contributed by atoms with Crippen LogP contribution in [0.4, 0.5) is 10.1 Å². The predicted octanol–water partition coefficient (Wildman–Crippen LogP) is 2.09. The molecule has 19 heavy (non-hydrogen) atoms. The van der Waals surface area contributed by atoms with Gasteiger partial charge in [0.2, 0.25) is 0 Å². The Bertz CT molecular complexity index is 635.